The van der Waals surface area contributed by atoms with Crippen LogP contribution in [0.4, 0.5) is 22.4 Å². The van der Waals surface area contributed by atoms with Crippen molar-refractivity contribution >= 4 is 23.6 Å². The second-order valence-corrected chi connectivity index (χ2v) is 7.44. The highest BCUT2D eigenvalue weighted by Gasteiger charge is 2.28. The van der Waals surface area contributed by atoms with Gasteiger partial charge in [0.15, 0.2) is 0 Å². The van der Waals surface area contributed by atoms with Gasteiger partial charge in [-0.05, 0) is 19.1 Å². The number of ether oxygens (including phenoxy) is 1. The Morgan fingerprint density at radius 3 is 2.39 bits per heavy atom. The van der Waals surface area contributed by atoms with Crippen LogP contribution in [0.25, 0.3) is 0 Å². The molecule has 162 valence electrons. The molecule has 0 spiro atoms. The summed E-state index contributed by atoms with van der Waals surface area (Å²) in [4.78, 5) is 31.4. The molecule has 10 heteroatoms. The zero-order valence-corrected chi connectivity index (χ0v) is 17.5. The minimum absolute atomic E-state index is 0.0668. The number of hydrogen-bond acceptors (Lipinski definition) is 8. The van der Waals surface area contributed by atoms with Gasteiger partial charge in [-0.2, -0.15) is 4.98 Å². The van der Waals surface area contributed by atoms with Crippen LogP contribution >= 0.6 is 0 Å². The summed E-state index contributed by atoms with van der Waals surface area (Å²) in [6.45, 7) is 6.83. The third kappa shape index (κ3) is 4.78. The van der Waals surface area contributed by atoms with Crippen molar-refractivity contribution in [2.45, 2.75) is 6.92 Å². The molecule has 4 N–H and O–H groups in total. The van der Waals surface area contributed by atoms with Gasteiger partial charge in [-0.15, -0.1) is 0 Å². The third-order valence-electron chi connectivity index (χ3n) is 5.34. The lowest BCUT2D eigenvalue weighted by Crippen LogP contribution is -2.55. The molecule has 0 bridgehead atoms. The van der Waals surface area contributed by atoms with Gasteiger partial charge in [0.2, 0.25) is 5.95 Å². The SMILES string of the molecule is Cc1nc(N)nc(N2CCN(C(=O)N3CCOCC3)CC2)c1C#Cc1ccc(N)nc1. The third-order valence-corrected chi connectivity index (χ3v) is 5.34. The van der Waals surface area contributed by atoms with Crippen LogP contribution in [0.15, 0.2) is 18.3 Å². The predicted octanol–water partition coefficient (Wildman–Crippen LogP) is 0.318. The highest BCUT2D eigenvalue weighted by Crippen LogP contribution is 2.23. The summed E-state index contributed by atoms with van der Waals surface area (Å²) in [6, 6.07) is 3.60. The quantitative estimate of drug-likeness (QED) is 0.629. The summed E-state index contributed by atoms with van der Waals surface area (Å²) in [5, 5.41) is 0. The molecule has 0 atom stereocenters. The Morgan fingerprint density at radius 2 is 1.71 bits per heavy atom. The van der Waals surface area contributed by atoms with Crippen molar-refractivity contribution in [2.24, 2.45) is 0 Å². The maximum atomic E-state index is 12.7. The van der Waals surface area contributed by atoms with E-state index in [0.717, 1.165) is 11.1 Å². The number of pyridine rings is 1. The first-order chi connectivity index (χ1) is 15.0. The van der Waals surface area contributed by atoms with Crippen molar-refractivity contribution in [1.29, 1.82) is 0 Å². The Balaban J connectivity index is 1.51. The Bertz CT molecular complexity index is 1000. The van der Waals surface area contributed by atoms with Crippen LogP contribution in [0, 0.1) is 18.8 Å². The van der Waals surface area contributed by atoms with Gasteiger partial charge in [0, 0.05) is 51.0 Å². The number of aromatic nitrogens is 3. The van der Waals surface area contributed by atoms with Crippen molar-refractivity contribution in [2.75, 3.05) is 68.8 Å². The first-order valence-electron chi connectivity index (χ1n) is 10.3. The Labute approximate surface area is 181 Å². The maximum absolute atomic E-state index is 12.7. The van der Waals surface area contributed by atoms with Crippen molar-refractivity contribution < 1.29 is 9.53 Å². The van der Waals surface area contributed by atoms with E-state index in [9.17, 15) is 4.79 Å². The van der Waals surface area contributed by atoms with Gasteiger partial charge in [0.1, 0.15) is 11.6 Å². The van der Waals surface area contributed by atoms with Crippen LogP contribution in [-0.4, -0.2) is 83.3 Å². The molecule has 2 aliphatic heterocycles. The minimum Gasteiger partial charge on any atom is -0.384 e. The van der Waals surface area contributed by atoms with Crippen molar-refractivity contribution in [3.63, 3.8) is 0 Å². The summed E-state index contributed by atoms with van der Waals surface area (Å²) in [5.74, 6) is 7.62. The van der Waals surface area contributed by atoms with E-state index in [-0.39, 0.29) is 12.0 Å². The number of amides is 2. The zero-order chi connectivity index (χ0) is 21.8. The molecule has 4 heterocycles. The molecule has 2 fully saturated rings. The standard InChI is InChI=1S/C21H26N8O2/c1-15-17(4-2-16-3-5-18(22)24-14-16)19(26-20(23)25-15)27-6-8-28(9-7-27)21(30)29-10-12-31-13-11-29/h3,5,14H,6-13H2,1H3,(H2,22,24)(H2,23,25,26). The highest BCUT2D eigenvalue weighted by atomic mass is 16.5. The van der Waals surface area contributed by atoms with Gasteiger partial charge in [-0.25, -0.2) is 14.8 Å². The normalized spacial score (nSPS) is 16.6. The molecule has 4 rings (SSSR count). The van der Waals surface area contributed by atoms with Crippen molar-refractivity contribution in [3.8, 4) is 11.8 Å². The number of nitrogen functional groups attached to an aromatic ring is 2. The summed E-state index contributed by atoms with van der Waals surface area (Å²) in [6.07, 6.45) is 1.63. The number of nitrogens with zero attached hydrogens (tertiary/aromatic N) is 6. The van der Waals surface area contributed by atoms with Crippen molar-refractivity contribution in [1.82, 2.24) is 24.8 Å². The molecular weight excluding hydrogens is 396 g/mol. The molecule has 0 unspecified atom stereocenters. The van der Waals surface area contributed by atoms with E-state index in [2.05, 4.69) is 31.7 Å². The number of urea groups is 1. The second kappa shape index (κ2) is 9.06. The maximum Gasteiger partial charge on any atom is 0.320 e. The number of hydrogen-bond donors (Lipinski definition) is 2. The number of morpholine rings is 1. The smallest absolute Gasteiger partial charge is 0.320 e. The van der Waals surface area contributed by atoms with E-state index in [1.807, 2.05) is 22.8 Å². The molecule has 2 aliphatic rings. The molecule has 31 heavy (non-hydrogen) atoms. The van der Waals surface area contributed by atoms with E-state index in [1.165, 1.54) is 0 Å². The molecule has 2 aromatic rings. The zero-order valence-electron chi connectivity index (χ0n) is 17.5. The van der Waals surface area contributed by atoms with Gasteiger partial charge in [0.05, 0.1) is 24.5 Å². The molecule has 0 aliphatic carbocycles. The van der Waals surface area contributed by atoms with Gasteiger partial charge in [-0.1, -0.05) is 11.8 Å². The summed E-state index contributed by atoms with van der Waals surface area (Å²) >= 11 is 0. The van der Waals surface area contributed by atoms with Crippen LogP contribution in [0.1, 0.15) is 16.8 Å². The number of rotatable bonds is 1. The number of aryl methyl sites for hydroxylation is 1. The number of nitrogens with two attached hydrogens (primary N) is 2. The summed E-state index contributed by atoms with van der Waals surface area (Å²) in [7, 11) is 0. The molecule has 10 nitrogen and oxygen atoms in total. The fourth-order valence-corrected chi connectivity index (χ4v) is 3.63. The van der Waals surface area contributed by atoms with Gasteiger partial charge in [-0.3, -0.25) is 0 Å². The van der Waals surface area contributed by atoms with Gasteiger partial charge >= 0.3 is 6.03 Å². The topological polar surface area (TPSA) is 127 Å². The molecule has 2 aromatic heterocycles. The predicted molar refractivity (Wildman–Crippen MR) is 117 cm³/mol. The lowest BCUT2D eigenvalue weighted by molar-refractivity contribution is 0.0428. The van der Waals surface area contributed by atoms with Gasteiger partial charge < -0.3 is 30.9 Å². The van der Waals surface area contributed by atoms with E-state index in [4.69, 9.17) is 16.2 Å². The number of carbonyl (C=O) groups is 1. The molecule has 2 saturated heterocycles. The molecule has 0 saturated carbocycles. The monoisotopic (exact) mass is 422 g/mol. The molecular formula is C21H26N8O2. The van der Waals surface area contributed by atoms with Crippen LogP contribution in [0.3, 0.4) is 0 Å². The average Bonchev–Trinajstić information content (AvgIpc) is 2.79. The minimum atomic E-state index is 0.0668. The summed E-state index contributed by atoms with van der Waals surface area (Å²) in [5.41, 5.74) is 13.7. The average molecular weight is 422 g/mol. The Kier molecular flexibility index (Phi) is 6.04. The lowest BCUT2D eigenvalue weighted by Gasteiger charge is -2.39. The summed E-state index contributed by atoms with van der Waals surface area (Å²) < 4.78 is 5.34. The first-order valence-corrected chi connectivity index (χ1v) is 10.3. The van der Waals surface area contributed by atoms with E-state index < -0.39 is 0 Å². The fraction of sp³-hybridized carbons (Fsp3) is 0.429. The van der Waals surface area contributed by atoms with Gasteiger partial charge in [0.25, 0.3) is 0 Å². The highest BCUT2D eigenvalue weighted by molar-refractivity contribution is 5.75. The molecule has 2 amide bonds. The number of anilines is 3. The Hall–Kier alpha value is -3.58. The number of piperazine rings is 1. The molecule has 0 aromatic carbocycles. The van der Waals surface area contributed by atoms with E-state index in [1.54, 1.807) is 12.3 Å². The first kappa shape index (κ1) is 20.7. The lowest BCUT2D eigenvalue weighted by atomic mass is 10.1. The van der Waals surface area contributed by atoms with Crippen LogP contribution in [0.5, 0.6) is 0 Å². The largest absolute Gasteiger partial charge is 0.384 e. The fourth-order valence-electron chi connectivity index (χ4n) is 3.63. The van der Waals surface area contributed by atoms with Crippen molar-refractivity contribution in [3.05, 3.63) is 35.2 Å². The van der Waals surface area contributed by atoms with E-state index in [0.29, 0.717) is 69.8 Å². The Morgan fingerprint density at radius 1 is 1.00 bits per heavy atom. The van der Waals surface area contributed by atoms with Crippen LogP contribution in [0.2, 0.25) is 0 Å². The molecule has 0 radical (unpaired) electrons. The van der Waals surface area contributed by atoms with Crippen LogP contribution in [-0.2, 0) is 4.74 Å². The van der Waals surface area contributed by atoms with E-state index >= 15 is 0 Å². The second-order valence-electron chi connectivity index (χ2n) is 7.44. The van der Waals surface area contributed by atoms with Crippen LogP contribution < -0.4 is 16.4 Å². The number of carbonyl (C=O) groups excluding carboxylic acids is 1.